The van der Waals surface area contributed by atoms with E-state index in [0.717, 1.165) is 0 Å². The first-order valence-corrected chi connectivity index (χ1v) is 5.35. The summed E-state index contributed by atoms with van der Waals surface area (Å²) >= 11 is 0. The smallest absolute Gasteiger partial charge is 0.232 e. The maximum Gasteiger partial charge on any atom is 0.232 e. The van der Waals surface area contributed by atoms with Gasteiger partial charge in [0, 0.05) is 11.8 Å². The Morgan fingerprint density at radius 1 is 1.39 bits per heavy atom. The fourth-order valence-corrected chi connectivity index (χ4v) is 1.53. The lowest BCUT2D eigenvalue weighted by molar-refractivity contribution is -0.115. The zero-order chi connectivity index (χ0) is 13.0. The number of fused-ring (bicyclic) bond motifs is 1. The van der Waals surface area contributed by atoms with Crippen LogP contribution in [-0.4, -0.2) is 30.2 Å². The number of rotatable bonds is 3. The molecule has 1 aromatic carbocycles. The van der Waals surface area contributed by atoms with Crippen molar-refractivity contribution in [1.29, 1.82) is 0 Å². The summed E-state index contributed by atoms with van der Waals surface area (Å²) < 4.78 is 10.7. The van der Waals surface area contributed by atoms with E-state index >= 15 is 0 Å². The molecule has 7 nitrogen and oxygen atoms in total. The average molecular weight is 251 g/mol. The van der Waals surface area contributed by atoms with Crippen molar-refractivity contribution in [3.63, 3.8) is 0 Å². The predicted octanol–water partition coefficient (Wildman–Crippen LogP) is 0.533. The summed E-state index contributed by atoms with van der Waals surface area (Å²) in [7, 11) is 0. The average Bonchev–Trinajstić information content (AvgIpc) is 2.38. The standard InChI is InChI=1S/C11H13N3O4/c12-10(14-16)6-11(15)13-7-1-2-8-9(5-7)18-4-3-17-8/h1-2,5,16H,3-4,6H2,(H2,12,14)(H,13,15). The van der Waals surface area contributed by atoms with E-state index in [-0.39, 0.29) is 18.2 Å². The van der Waals surface area contributed by atoms with Crippen LogP contribution in [0.3, 0.4) is 0 Å². The second kappa shape index (κ2) is 5.26. The van der Waals surface area contributed by atoms with E-state index in [9.17, 15) is 4.79 Å². The molecular formula is C11H13N3O4. The van der Waals surface area contributed by atoms with Crippen LogP contribution in [0.25, 0.3) is 0 Å². The number of oxime groups is 1. The highest BCUT2D eigenvalue weighted by atomic mass is 16.6. The highest BCUT2D eigenvalue weighted by molar-refractivity contribution is 6.04. The molecule has 1 aliphatic rings. The third-order valence-corrected chi connectivity index (χ3v) is 2.30. The Morgan fingerprint density at radius 3 is 2.83 bits per heavy atom. The summed E-state index contributed by atoms with van der Waals surface area (Å²) in [5, 5.41) is 13.7. The summed E-state index contributed by atoms with van der Waals surface area (Å²) in [5.41, 5.74) is 5.80. The summed E-state index contributed by atoms with van der Waals surface area (Å²) in [6, 6.07) is 5.07. The van der Waals surface area contributed by atoms with Gasteiger partial charge in [0.1, 0.15) is 19.0 Å². The van der Waals surface area contributed by atoms with Gasteiger partial charge in [0.05, 0.1) is 6.42 Å². The minimum absolute atomic E-state index is 0.148. The number of nitrogens with zero attached hydrogens (tertiary/aromatic N) is 1. The second-order valence-corrected chi connectivity index (χ2v) is 3.67. The van der Waals surface area contributed by atoms with Crippen LogP contribution in [0.4, 0.5) is 5.69 Å². The van der Waals surface area contributed by atoms with Gasteiger partial charge in [0.15, 0.2) is 11.5 Å². The topological polar surface area (TPSA) is 106 Å². The van der Waals surface area contributed by atoms with Gasteiger partial charge in [-0.15, -0.1) is 0 Å². The third-order valence-electron chi connectivity index (χ3n) is 2.30. The van der Waals surface area contributed by atoms with E-state index in [0.29, 0.717) is 30.4 Å². The number of hydrogen-bond donors (Lipinski definition) is 3. The first-order valence-electron chi connectivity index (χ1n) is 5.35. The molecule has 0 spiro atoms. The Kier molecular flexibility index (Phi) is 3.52. The summed E-state index contributed by atoms with van der Waals surface area (Å²) in [4.78, 5) is 11.5. The quantitative estimate of drug-likeness (QED) is 0.314. The second-order valence-electron chi connectivity index (χ2n) is 3.67. The fraction of sp³-hybridized carbons (Fsp3) is 0.273. The number of nitrogens with one attached hydrogen (secondary N) is 1. The summed E-state index contributed by atoms with van der Waals surface area (Å²) in [6.45, 7) is 0.997. The molecule has 0 radical (unpaired) electrons. The third kappa shape index (κ3) is 2.82. The van der Waals surface area contributed by atoms with Gasteiger partial charge in [-0.1, -0.05) is 5.16 Å². The fourth-order valence-electron chi connectivity index (χ4n) is 1.53. The van der Waals surface area contributed by atoms with Crippen LogP contribution in [-0.2, 0) is 4.79 Å². The molecule has 0 aliphatic carbocycles. The molecule has 0 fully saturated rings. The van der Waals surface area contributed by atoms with E-state index in [4.69, 9.17) is 20.4 Å². The van der Waals surface area contributed by atoms with Crippen molar-refractivity contribution in [1.82, 2.24) is 0 Å². The number of amidine groups is 1. The lowest BCUT2D eigenvalue weighted by Crippen LogP contribution is -2.22. The molecule has 0 bridgehead atoms. The molecule has 0 unspecified atom stereocenters. The number of hydrogen-bond acceptors (Lipinski definition) is 5. The lowest BCUT2D eigenvalue weighted by Gasteiger charge is -2.18. The van der Waals surface area contributed by atoms with Crippen LogP contribution >= 0.6 is 0 Å². The highest BCUT2D eigenvalue weighted by Gasteiger charge is 2.13. The monoisotopic (exact) mass is 251 g/mol. The van der Waals surface area contributed by atoms with Crippen molar-refractivity contribution in [2.45, 2.75) is 6.42 Å². The van der Waals surface area contributed by atoms with Crippen LogP contribution in [0.5, 0.6) is 11.5 Å². The summed E-state index contributed by atoms with van der Waals surface area (Å²) in [5.74, 6) is 0.713. The van der Waals surface area contributed by atoms with Crippen LogP contribution in [0.2, 0.25) is 0 Å². The van der Waals surface area contributed by atoms with Crippen molar-refractivity contribution in [2.75, 3.05) is 18.5 Å². The van der Waals surface area contributed by atoms with E-state index in [1.165, 1.54) is 0 Å². The number of anilines is 1. The number of ether oxygens (including phenoxy) is 2. The van der Waals surface area contributed by atoms with Crippen LogP contribution in [0, 0.1) is 0 Å². The van der Waals surface area contributed by atoms with Gasteiger partial charge in [-0.25, -0.2) is 0 Å². The normalized spacial score (nSPS) is 14.1. The van der Waals surface area contributed by atoms with Crippen molar-refractivity contribution in [2.24, 2.45) is 10.9 Å². The minimum atomic E-state index is -0.373. The largest absolute Gasteiger partial charge is 0.486 e. The SMILES string of the molecule is NC(CC(=O)Nc1ccc2c(c1)OCCO2)=NO. The Bertz CT molecular complexity index is 487. The van der Waals surface area contributed by atoms with Gasteiger partial charge in [-0.3, -0.25) is 4.79 Å². The molecule has 0 aromatic heterocycles. The number of carbonyl (C=O) groups excluding carboxylic acids is 1. The lowest BCUT2D eigenvalue weighted by atomic mass is 10.2. The molecule has 4 N–H and O–H groups in total. The minimum Gasteiger partial charge on any atom is -0.486 e. The predicted molar refractivity (Wildman–Crippen MR) is 64.1 cm³/mol. The first kappa shape index (κ1) is 12.0. The van der Waals surface area contributed by atoms with Gasteiger partial charge in [0.2, 0.25) is 5.91 Å². The highest BCUT2D eigenvalue weighted by Crippen LogP contribution is 2.32. The van der Waals surface area contributed by atoms with Crippen LogP contribution in [0.15, 0.2) is 23.4 Å². The van der Waals surface area contributed by atoms with Gasteiger partial charge < -0.3 is 25.7 Å². The molecule has 2 rings (SSSR count). The molecule has 1 aliphatic heterocycles. The van der Waals surface area contributed by atoms with Crippen LogP contribution < -0.4 is 20.5 Å². The maximum atomic E-state index is 11.5. The van der Waals surface area contributed by atoms with Crippen molar-refractivity contribution < 1.29 is 19.5 Å². The number of carbonyl (C=O) groups is 1. The van der Waals surface area contributed by atoms with Crippen LogP contribution in [0.1, 0.15) is 6.42 Å². The van der Waals surface area contributed by atoms with Crippen molar-refractivity contribution in [3.8, 4) is 11.5 Å². The molecule has 0 saturated heterocycles. The molecule has 7 heteroatoms. The van der Waals surface area contributed by atoms with E-state index < -0.39 is 0 Å². The zero-order valence-electron chi connectivity index (χ0n) is 9.55. The number of benzene rings is 1. The summed E-state index contributed by atoms with van der Waals surface area (Å²) in [6.07, 6.45) is -0.176. The molecule has 1 aromatic rings. The van der Waals surface area contributed by atoms with Gasteiger partial charge in [-0.05, 0) is 12.1 Å². The molecule has 0 saturated carbocycles. The number of amides is 1. The van der Waals surface area contributed by atoms with Gasteiger partial charge in [0.25, 0.3) is 0 Å². The van der Waals surface area contributed by atoms with Gasteiger partial charge in [-0.2, -0.15) is 0 Å². The first-order chi connectivity index (χ1) is 8.69. The molecular weight excluding hydrogens is 238 g/mol. The van der Waals surface area contributed by atoms with E-state index in [2.05, 4.69) is 10.5 Å². The van der Waals surface area contributed by atoms with Crippen molar-refractivity contribution in [3.05, 3.63) is 18.2 Å². The Hall–Kier alpha value is -2.44. The maximum absolute atomic E-state index is 11.5. The van der Waals surface area contributed by atoms with E-state index in [1.807, 2.05) is 0 Å². The number of nitrogens with two attached hydrogens (primary N) is 1. The molecule has 18 heavy (non-hydrogen) atoms. The molecule has 0 atom stereocenters. The van der Waals surface area contributed by atoms with Crippen molar-refractivity contribution >= 4 is 17.4 Å². The van der Waals surface area contributed by atoms with Gasteiger partial charge >= 0.3 is 0 Å². The molecule has 1 heterocycles. The molecule has 1 amide bonds. The Morgan fingerprint density at radius 2 is 2.11 bits per heavy atom. The zero-order valence-corrected chi connectivity index (χ0v) is 9.55. The Balaban J connectivity index is 2.03. The Labute approximate surface area is 103 Å². The molecule has 96 valence electrons. The van der Waals surface area contributed by atoms with E-state index in [1.54, 1.807) is 18.2 Å².